The maximum atomic E-state index is 6.75. The molecule has 0 unspecified atom stereocenters. The van der Waals surface area contributed by atoms with Crippen molar-refractivity contribution in [1.29, 1.82) is 0 Å². The average Bonchev–Trinajstić information content (AvgIpc) is 3.94. The Morgan fingerprint density at radius 3 is 1.62 bits per heavy atom. The van der Waals surface area contributed by atoms with Crippen molar-refractivity contribution in [2.24, 2.45) is 0 Å². The summed E-state index contributed by atoms with van der Waals surface area (Å²) in [6, 6.07) is 78.3. The minimum absolute atomic E-state index is 0.154. The third-order valence-electron chi connectivity index (χ3n) is 14.9. The highest BCUT2D eigenvalue weighted by Gasteiger charge is 2.38. The van der Waals surface area contributed by atoms with E-state index in [1.54, 1.807) is 0 Å². The van der Waals surface area contributed by atoms with E-state index in [1.807, 2.05) is 0 Å². The molecule has 1 heterocycles. The number of furan rings is 1. The number of hydrogen-bond acceptors (Lipinski definition) is 2. The van der Waals surface area contributed by atoms with Crippen molar-refractivity contribution in [2.75, 3.05) is 4.90 Å². The van der Waals surface area contributed by atoms with Gasteiger partial charge in [0.25, 0.3) is 0 Å². The predicted molar refractivity (Wildman–Crippen MR) is 277 cm³/mol. The SMILES string of the molecule is CC1(C)c2ccccc2-c2ccc(N(c3ccc4c(c3)C(C)(C)c3cc(-c5ccc(-c6ccccc6)cc5)ccc3-4)c3ccccc3-c3cccc4oc5c6ccccc6ccc5c34)cc21. The van der Waals surface area contributed by atoms with E-state index in [4.69, 9.17) is 4.42 Å². The quantitative estimate of drug-likeness (QED) is 0.166. The van der Waals surface area contributed by atoms with E-state index >= 15 is 0 Å². The van der Waals surface area contributed by atoms with Crippen molar-refractivity contribution in [3.63, 3.8) is 0 Å². The van der Waals surface area contributed by atoms with E-state index in [9.17, 15) is 0 Å². The van der Waals surface area contributed by atoms with Crippen LogP contribution in [0.5, 0.6) is 0 Å². The number of para-hydroxylation sites is 1. The summed E-state index contributed by atoms with van der Waals surface area (Å²) in [4.78, 5) is 2.50. The second-order valence-electron chi connectivity index (χ2n) is 19.3. The van der Waals surface area contributed by atoms with Gasteiger partial charge in [-0.15, -0.1) is 0 Å². The van der Waals surface area contributed by atoms with Crippen LogP contribution in [0.4, 0.5) is 17.1 Å². The molecule has 0 saturated heterocycles. The van der Waals surface area contributed by atoms with E-state index in [-0.39, 0.29) is 10.8 Å². The van der Waals surface area contributed by atoms with Gasteiger partial charge in [0.2, 0.25) is 0 Å². The van der Waals surface area contributed by atoms with Crippen LogP contribution >= 0.6 is 0 Å². The maximum absolute atomic E-state index is 6.75. The topological polar surface area (TPSA) is 16.4 Å². The van der Waals surface area contributed by atoms with Crippen LogP contribution in [-0.4, -0.2) is 0 Å². The molecule has 2 aliphatic rings. The highest BCUT2D eigenvalue weighted by molar-refractivity contribution is 6.19. The van der Waals surface area contributed by atoms with Crippen molar-refractivity contribution >= 4 is 49.8 Å². The van der Waals surface area contributed by atoms with Gasteiger partial charge in [-0.05, 0) is 126 Å². The summed E-state index contributed by atoms with van der Waals surface area (Å²) in [5.41, 5.74) is 22.7. The zero-order chi connectivity index (χ0) is 44.3. The van der Waals surface area contributed by atoms with Crippen LogP contribution in [0.2, 0.25) is 0 Å². The van der Waals surface area contributed by atoms with Gasteiger partial charge in [-0.1, -0.05) is 191 Å². The molecule has 0 spiro atoms. The molecule has 0 N–H and O–H groups in total. The minimum atomic E-state index is -0.239. The van der Waals surface area contributed by atoms with Crippen LogP contribution in [-0.2, 0) is 10.8 Å². The molecular formula is C64H47NO. The summed E-state index contributed by atoms with van der Waals surface area (Å²) >= 11 is 0. The molecule has 2 nitrogen and oxygen atoms in total. The monoisotopic (exact) mass is 845 g/mol. The number of nitrogens with zero attached hydrogens (tertiary/aromatic N) is 1. The lowest BCUT2D eigenvalue weighted by Gasteiger charge is -2.31. The lowest BCUT2D eigenvalue weighted by atomic mass is 9.81. The van der Waals surface area contributed by atoms with Crippen LogP contribution in [0, 0.1) is 0 Å². The first-order valence-corrected chi connectivity index (χ1v) is 23.2. The molecule has 0 saturated carbocycles. The Morgan fingerprint density at radius 1 is 0.348 bits per heavy atom. The number of hydrogen-bond donors (Lipinski definition) is 0. The molecule has 0 fully saturated rings. The molecule has 0 radical (unpaired) electrons. The highest BCUT2D eigenvalue weighted by atomic mass is 16.3. The smallest absolute Gasteiger partial charge is 0.143 e. The van der Waals surface area contributed by atoms with Gasteiger partial charge in [0.05, 0.1) is 5.69 Å². The van der Waals surface area contributed by atoms with Gasteiger partial charge >= 0.3 is 0 Å². The minimum Gasteiger partial charge on any atom is -0.455 e. The predicted octanol–water partition coefficient (Wildman–Crippen LogP) is 17.8. The van der Waals surface area contributed by atoms with Crippen LogP contribution in [0.15, 0.2) is 217 Å². The highest BCUT2D eigenvalue weighted by Crippen LogP contribution is 2.55. The van der Waals surface area contributed by atoms with Crippen LogP contribution in [0.1, 0.15) is 49.9 Å². The molecule has 0 bridgehead atoms. The molecule has 0 aliphatic heterocycles. The van der Waals surface area contributed by atoms with Gasteiger partial charge in [0.15, 0.2) is 0 Å². The second-order valence-corrected chi connectivity index (χ2v) is 19.3. The average molecular weight is 846 g/mol. The Balaban J connectivity index is 0.976. The summed E-state index contributed by atoms with van der Waals surface area (Å²) in [5.74, 6) is 0. The molecule has 2 heteroatoms. The van der Waals surface area contributed by atoms with Gasteiger partial charge in [0.1, 0.15) is 11.2 Å². The van der Waals surface area contributed by atoms with E-state index in [2.05, 4.69) is 245 Å². The fourth-order valence-corrected chi connectivity index (χ4v) is 11.5. The van der Waals surface area contributed by atoms with Gasteiger partial charge < -0.3 is 9.32 Å². The Bertz CT molecular complexity index is 3760. The van der Waals surface area contributed by atoms with E-state index in [0.717, 1.165) is 55.5 Å². The van der Waals surface area contributed by atoms with Gasteiger partial charge in [-0.2, -0.15) is 0 Å². The fourth-order valence-electron chi connectivity index (χ4n) is 11.5. The van der Waals surface area contributed by atoms with Gasteiger partial charge in [0, 0.05) is 43.9 Å². The lowest BCUT2D eigenvalue weighted by molar-refractivity contribution is 0.660. The van der Waals surface area contributed by atoms with Crippen molar-refractivity contribution in [3.8, 4) is 55.6 Å². The van der Waals surface area contributed by atoms with E-state index in [1.165, 1.54) is 72.1 Å². The Labute approximate surface area is 386 Å². The Kier molecular flexibility index (Phi) is 8.33. The third-order valence-corrected chi connectivity index (χ3v) is 14.9. The number of fused-ring (bicyclic) bond motifs is 11. The van der Waals surface area contributed by atoms with E-state index in [0.29, 0.717) is 0 Å². The summed E-state index contributed by atoms with van der Waals surface area (Å²) < 4.78 is 6.75. The number of anilines is 3. The molecule has 1 aromatic heterocycles. The summed E-state index contributed by atoms with van der Waals surface area (Å²) in [6.07, 6.45) is 0. The molecule has 13 rings (SSSR count). The first kappa shape index (κ1) is 38.5. The number of rotatable bonds is 6. The molecular weight excluding hydrogens is 799 g/mol. The standard InChI is InChI=1S/C64H47NO/c1-63(2)55-22-12-10-19-48(55)50-35-31-45(38-57(50)63)65(59-23-13-11-20-52(59)53-21-14-24-60-61(53)54-34-29-43-17-8-9-18-47(43)62(54)66-60)46-32-36-51-49-33-30-44(37-56(49)64(3,4)58(51)39-46)42-27-25-41(26-28-42)40-15-6-5-7-16-40/h5-39H,1-4H3. The first-order valence-electron chi connectivity index (χ1n) is 23.2. The van der Waals surface area contributed by atoms with Crippen LogP contribution in [0.25, 0.3) is 88.3 Å². The molecule has 11 aromatic rings. The molecule has 10 aromatic carbocycles. The number of benzene rings is 10. The fraction of sp³-hybridized carbons (Fsp3) is 0.0938. The summed E-state index contributed by atoms with van der Waals surface area (Å²) in [6.45, 7) is 9.53. The van der Waals surface area contributed by atoms with Crippen molar-refractivity contribution < 1.29 is 4.42 Å². The zero-order valence-corrected chi connectivity index (χ0v) is 37.6. The van der Waals surface area contributed by atoms with Gasteiger partial charge in [-0.25, -0.2) is 0 Å². The third kappa shape index (κ3) is 5.67. The molecule has 314 valence electrons. The van der Waals surface area contributed by atoms with Crippen molar-refractivity contribution in [3.05, 3.63) is 235 Å². The van der Waals surface area contributed by atoms with Crippen LogP contribution < -0.4 is 4.90 Å². The first-order chi connectivity index (χ1) is 32.2. The summed E-state index contributed by atoms with van der Waals surface area (Å²) in [5, 5.41) is 4.56. The van der Waals surface area contributed by atoms with Gasteiger partial charge in [-0.3, -0.25) is 0 Å². The normalized spacial score (nSPS) is 14.0. The van der Waals surface area contributed by atoms with Crippen molar-refractivity contribution in [1.82, 2.24) is 0 Å². The molecule has 66 heavy (non-hydrogen) atoms. The van der Waals surface area contributed by atoms with Crippen molar-refractivity contribution in [2.45, 2.75) is 38.5 Å². The zero-order valence-electron chi connectivity index (χ0n) is 37.6. The Morgan fingerprint density at radius 2 is 0.879 bits per heavy atom. The second kappa shape index (κ2) is 14.3. The molecule has 2 aliphatic carbocycles. The largest absolute Gasteiger partial charge is 0.455 e. The molecule has 0 atom stereocenters. The lowest BCUT2D eigenvalue weighted by Crippen LogP contribution is -2.18. The van der Waals surface area contributed by atoms with Crippen LogP contribution in [0.3, 0.4) is 0 Å². The molecule has 0 amide bonds. The van der Waals surface area contributed by atoms with E-state index < -0.39 is 0 Å². The summed E-state index contributed by atoms with van der Waals surface area (Å²) in [7, 11) is 0. The maximum Gasteiger partial charge on any atom is 0.143 e. The Hall–Kier alpha value is -7.94.